The molecule has 0 amide bonds. The molecule has 58 heavy (non-hydrogen) atoms. The Morgan fingerprint density at radius 2 is 0.983 bits per heavy atom. The van der Waals surface area contributed by atoms with E-state index in [0.29, 0.717) is 0 Å². The number of aryl methyl sites for hydroxylation is 1. The molecule has 0 aliphatic heterocycles. The molecule has 2 nitrogen and oxygen atoms in total. The quantitative estimate of drug-likeness (QED) is 0.167. The molecular formula is C56H44N2. The van der Waals surface area contributed by atoms with Gasteiger partial charge in [0, 0.05) is 33.7 Å². The zero-order chi connectivity index (χ0) is 39.2. The summed E-state index contributed by atoms with van der Waals surface area (Å²) in [7, 11) is 0. The van der Waals surface area contributed by atoms with E-state index in [1.54, 1.807) is 0 Å². The molecule has 1 aliphatic rings. The Morgan fingerprint density at radius 1 is 0.397 bits per heavy atom. The van der Waals surface area contributed by atoms with Crippen LogP contribution in [0.3, 0.4) is 0 Å². The van der Waals surface area contributed by atoms with Gasteiger partial charge in [-0.15, -0.1) is 0 Å². The standard InChI is InChI=1S/C56H44N2/c1-38-15-12-26-52-55(38)50-32-31-49(37-53(50)56(52,2)3)58(54-36-45-19-11-10-18-44(45)35-51(54)41-16-6-4-7-17-41)48-25-14-21-43(34-48)40-29-27-39(28-30-40)42-20-13-24-47(33-42)57-46-22-8-5-9-23-46/h4-37,57H,1-3H3. The van der Waals surface area contributed by atoms with Crippen molar-refractivity contribution in [2.75, 3.05) is 10.2 Å². The first-order valence-electron chi connectivity index (χ1n) is 20.2. The fraction of sp³-hybridized carbons (Fsp3) is 0.0714. The first kappa shape index (κ1) is 35.3. The van der Waals surface area contributed by atoms with Crippen LogP contribution in [0.25, 0.3) is 55.3 Å². The van der Waals surface area contributed by atoms with Crippen LogP contribution >= 0.6 is 0 Å². The summed E-state index contributed by atoms with van der Waals surface area (Å²) < 4.78 is 0. The number of benzene rings is 9. The third-order valence-corrected chi connectivity index (χ3v) is 11.9. The number of hydrogen-bond acceptors (Lipinski definition) is 2. The molecule has 10 rings (SSSR count). The maximum absolute atomic E-state index is 3.54. The monoisotopic (exact) mass is 744 g/mol. The zero-order valence-electron chi connectivity index (χ0n) is 33.1. The van der Waals surface area contributed by atoms with Crippen LogP contribution in [0.2, 0.25) is 0 Å². The molecule has 2 heteroatoms. The van der Waals surface area contributed by atoms with Crippen molar-refractivity contribution >= 4 is 39.2 Å². The molecule has 1 aliphatic carbocycles. The molecule has 9 aromatic carbocycles. The predicted octanol–water partition coefficient (Wildman–Crippen LogP) is 15.7. The first-order chi connectivity index (χ1) is 28.4. The average molecular weight is 745 g/mol. The highest BCUT2D eigenvalue weighted by Gasteiger charge is 2.37. The molecular weight excluding hydrogens is 701 g/mol. The van der Waals surface area contributed by atoms with Gasteiger partial charge in [-0.25, -0.2) is 0 Å². The van der Waals surface area contributed by atoms with Crippen molar-refractivity contribution in [2.24, 2.45) is 0 Å². The Balaban J connectivity index is 1.09. The maximum atomic E-state index is 3.54. The van der Waals surface area contributed by atoms with Crippen LogP contribution < -0.4 is 10.2 Å². The summed E-state index contributed by atoms with van der Waals surface area (Å²) in [5, 5.41) is 5.97. The molecule has 0 spiro atoms. The second-order valence-electron chi connectivity index (χ2n) is 16.0. The van der Waals surface area contributed by atoms with E-state index in [2.05, 4.69) is 231 Å². The largest absolute Gasteiger partial charge is 0.356 e. The van der Waals surface area contributed by atoms with Crippen LogP contribution in [-0.2, 0) is 5.41 Å². The summed E-state index contributed by atoms with van der Waals surface area (Å²) >= 11 is 0. The molecule has 0 heterocycles. The molecule has 278 valence electrons. The van der Waals surface area contributed by atoms with E-state index in [0.717, 1.165) is 28.4 Å². The van der Waals surface area contributed by atoms with Gasteiger partial charge in [0.1, 0.15) is 0 Å². The van der Waals surface area contributed by atoms with Gasteiger partial charge < -0.3 is 10.2 Å². The van der Waals surface area contributed by atoms with E-state index in [1.807, 2.05) is 6.07 Å². The third-order valence-electron chi connectivity index (χ3n) is 11.9. The molecule has 0 unspecified atom stereocenters. The van der Waals surface area contributed by atoms with E-state index >= 15 is 0 Å². The lowest BCUT2D eigenvalue weighted by molar-refractivity contribution is 0.660. The normalized spacial score (nSPS) is 12.5. The van der Waals surface area contributed by atoms with Gasteiger partial charge >= 0.3 is 0 Å². The molecule has 0 aromatic heterocycles. The maximum Gasteiger partial charge on any atom is 0.0546 e. The average Bonchev–Trinajstić information content (AvgIpc) is 3.50. The van der Waals surface area contributed by atoms with Crippen LogP contribution in [0, 0.1) is 6.92 Å². The zero-order valence-corrected chi connectivity index (χ0v) is 33.1. The van der Waals surface area contributed by atoms with Gasteiger partial charge in [0.2, 0.25) is 0 Å². The Hall–Kier alpha value is -7.16. The number of rotatable bonds is 8. The second kappa shape index (κ2) is 14.4. The molecule has 0 saturated heterocycles. The van der Waals surface area contributed by atoms with Gasteiger partial charge in [-0.3, -0.25) is 0 Å². The topological polar surface area (TPSA) is 15.3 Å². The number of nitrogens with one attached hydrogen (secondary N) is 1. The summed E-state index contributed by atoms with van der Waals surface area (Å²) in [4.78, 5) is 2.48. The summed E-state index contributed by atoms with van der Waals surface area (Å²) in [6.07, 6.45) is 0. The lowest BCUT2D eigenvalue weighted by Gasteiger charge is -2.30. The number of anilines is 5. The van der Waals surface area contributed by atoms with Gasteiger partial charge in [0.05, 0.1) is 5.69 Å². The van der Waals surface area contributed by atoms with Crippen LogP contribution in [0.4, 0.5) is 28.4 Å². The highest BCUT2D eigenvalue weighted by atomic mass is 15.1. The summed E-state index contributed by atoms with van der Waals surface area (Å²) in [6.45, 7) is 6.98. The lowest BCUT2D eigenvalue weighted by Crippen LogP contribution is -2.17. The van der Waals surface area contributed by atoms with Crippen LogP contribution in [0.1, 0.15) is 30.5 Å². The van der Waals surface area contributed by atoms with Gasteiger partial charge in [0.25, 0.3) is 0 Å². The van der Waals surface area contributed by atoms with E-state index in [4.69, 9.17) is 0 Å². The van der Waals surface area contributed by atoms with Crippen molar-refractivity contribution in [1.29, 1.82) is 0 Å². The minimum Gasteiger partial charge on any atom is -0.356 e. The van der Waals surface area contributed by atoms with Gasteiger partial charge in [-0.2, -0.15) is 0 Å². The number of nitrogens with zero attached hydrogens (tertiary/aromatic N) is 1. The van der Waals surface area contributed by atoms with Gasteiger partial charge in [-0.1, -0.05) is 159 Å². The van der Waals surface area contributed by atoms with Crippen molar-refractivity contribution in [1.82, 2.24) is 0 Å². The number of fused-ring (bicyclic) bond motifs is 4. The lowest BCUT2D eigenvalue weighted by atomic mass is 9.82. The highest BCUT2D eigenvalue weighted by Crippen LogP contribution is 2.52. The third kappa shape index (κ3) is 6.33. The molecule has 0 fully saturated rings. The number of hydrogen-bond donors (Lipinski definition) is 1. The van der Waals surface area contributed by atoms with Crippen molar-refractivity contribution in [3.8, 4) is 44.5 Å². The van der Waals surface area contributed by atoms with E-state index in [9.17, 15) is 0 Å². The minimum absolute atomic E-state index is 0.134. The van der Waals surface area contributed by atoms with Crippen LogP contribution in [0.5, 0.6) is 0 Å². The molecule has 1 N–H and O–H groups in total. The predicted molar refractivity (Wildman–Crippen MR) is 247 cm³/mol. The molecule has 9 aromatic rings. The Kier molecular flexibility index (Phi) is 8.76. The van der Waals surface area contributed by atoms with Crippen molar-refractivity contribution in [2.45, 2.75) is 26.2 Å². The van der Waals surface area contributed by atoms with Crippen molar-refractivity contribution < 1.29 is 0 Å². The molecule has 0 bridgehead atoms. The van der Waals surface area contributed by atoms with Crippen molar-refractivity contribution in [3.63, 3.8) is 0 Å². The van der Waals surface area contributed by atoms with E-state index in [1.165, 1.54) is 72.0 Å². The van der Waals surface area contributed by atoms with E-state index < -0.39 is 0 Å². The SMILES string of the molecule is Cc1cccc2c1-c1ccc(N(c3cccc(-c4ccc(-c5cccc(Nc6ccccc6)c5)cc4)c3)c3cc4ccccc4cc3-c3ccccc3)cc1C2(C)C. The Labute approximate surface area is 341 Å². The Bertz CT molecular complexity index is 2940. The first-order valence-corrected chi connectivity index (χ1v) is 20.2. The number of para-hydroxylation sites is 1. The summed E-state index contributed by atoms with van der Waals surface area (Å²) in [6, 6.07) is 75.1. The van der Waals surface area contributed by atoms with Gasteiger partial charge in [0.15, 0.2) is 0 Å². The second-order valence-corrected chi connectivity index (χ2v) is 16.0. The fourth-order valence-electron chi connectivity index (χ4n) is 8.93. The molecule has 0 radical (unpaired) electrons. The smallest absolute Gasteiger partial charge is 0.0546 e. The minimum atomic E-state index is -0.134. The van der Waals surface area contributed by atoms with Crippen molar-refractivity contribution in [3.05, 3.63) is 223 Å². The van der Waals surface area contributed by atoms with Gasteiger partial charge in [-0.05, 0) is 134 Å². The molecule has 0 atom stereocenters. The summed E-state index contributed by atoms with van der Waals surface area (Å²) in [5.74, 6) is 0. The summed E-state index contributed by atoms with van der Waals surface area (Å²) in [5.41, 5.74) is 19.3. The highest BCUT2D eigenvalue weighted by molar-refractivity contribution is 5.99. The fourth-order valence-corrected chi connectivity index (χ4v) is 8.93. The Morgan fingerprint density at radius 3 is 1.72 bits per heavy atom. The van der Waals surface area contributed by atoms with Crippen LogP contribution in [-0.4, -0.2) is 0 Å². The van der Waals surface area contributed by atoms with Crippen LogP contribution in [0.15, 0.2) is 206 Å². The van der Waals surface area contributed by atoms with E-state index in [-0.39, 0.29) is 5.41 Å². The molecule has 0 saturated carbocycles.